The van der Waals surface area contributed by atoms with E-state index in [0.29, 0.717) is 34.6 Å². The molecule has 2 amide bonds. The Morgan fingerprint density at radius 1 is 1.22 bits per heavy atom. The fourth-order valence-electron chi connectivity index (χ4n) is 5.07. The average molecular weight is 553 g/mol. The third kappa shape index (κ3) is 5.55. The highest BCUT2D eigenvalue weighted by Gasteiger charge is 2.37. The SMILES string of the molecule is CC(C)N1CCc2nc(C(=O)N[C@@H]3CC(CO)C[C@H]3NC(=O)c3cc4cc(Cl)ccc4[nH]3)sc2C1.Cl. The van der Waals surface area contributed by atoms with E-state index in [1.165, 1.54) is 11.3 Å². The number of nitrogens with zero attached hydrogens (tertiary/aromatic N) is 2. The lowest BCUT2D eigenvalue weighted by Crippen LogP contribution is -2.48. The van der Waals surface area contributed by atoms with Gasteiger partial charge in [0, 0.05) is 65.0 Å². The first-order valence-corrected chi connectivity index (χ1v) is 13.2. The number of amides is 2. The summed E-state index contributed by atoms with van der Waals surface area (Å²) >= 11 is 7.52. The molecule has 1 aliphatic heterocycles. The molecule has 3 atom stereocenters. The zero-order valence-corrected chi connectivity index (χ0v) is 22.6. The Labute approximate surface area is 225 Å². The van der Waals surface area contributed by atoms with Crippen LogP contribution in [0.5, 0.6) is 0 Å². The number of aromatic amines is 1. The number of thiazole rings is 1. The number of nitrogens with one attached hydrogen (secondary N) is 3. The van der Waals surface area contributed by atoms with Crippen molar-refractivity contribution in [1.29, 1.82) is 0 Å². The molecule has 2 aromatic heterocycles. The van der Waals surface area contributed by atoms with Crippen molar-refractivity contribution in [2.45, 2.75) is 57.8 Å². The summed E-state index contributed by atoms with van der Waals surface area (Å²) in [5.74, 6) is -0.460. The number of carbonyl (C=O) groups is 2. The molecular weight excluding hydrogens is 521 g/mol. The van der Waals surface area contributed by atoms with Gasteiger partial charge in [-0.1, -0.05) is 11.6 Å². The summed E-state index contributed by atoms with van der Waals surface area (Å²) < 4.78 is 0. The fourth-order valence-corrected chi connectivity index (χ4v) is 6.28. The van der Waals surface area contributed by atoms with E-state index in [9.17, 15) is 14.7 Å². The summed E-state index contributed by atoms with van der Waals surface area (Å²) in [4.78, 5) is 37.4. The van der Waals surface area contributed by atoms with Gasteiger partial charge in [-0.3, -0.25) is 14.5 Å². The van der Waals surface area contributed by atoms with Crippen LogP contribution in [-0.2, 0) is 13.0 Å². The maximum atomic E-state index is 13.1. The van der Waals surface area contributed by atoms with Crippen molar-refractivity contribution < 1.29 is 14.7 Å². The molecule has 11 heteroatoms. The molecular formula is C25H31Cl2N5O3S. The molecule has 4 N–H and O–H groups in total. The van der Waals surface area contributed by atoms with Crippen molar-refractivity contribution in [3.63, 3.8) is 0 Å². The van der Waals surface area contributed by atoms with Gasteiger partial charge >= 0.3 is 0 Å². The van der Waals surface area contributed by atoms with Gasteiger partial charge in [-0.25, -0.2) is 4.98 Å². The third-order valence-corrected chi connectivity index (χ3v) is 8.38. The van der Waals surface area contributed by atoms with Crippen molar-refractivity contribution in [2.75, 3.05) is 13.2 Å². The smallest absolute Gasteiger partial charge is 0.280 e. The summed E-state index contributed by atoms with van der Waals surface area (Å²) in [5.41, 5.74) is 2.27. The normalized spacial score (nSPS) is 21.9. The van der Waals surface area contributed by atoms with E-state index in [0.717, 1.165) is 41.0 Å². The summed E-state index contributed by atoms with van der Waals surface area (Å²) in [6.07, 6.45) is 2.04. The monoisotopic (exact) mass is 551 g/mol. The van der Waals surface area contributed by atoms with Crippen molar-refractivity contribution >= 4 is 58.1 Å². The molecule has 1 saturated carbocycles. The zero-order valence-electron chi connectivity index (χ0n) is 20.2. The van der Waals surface area contributed by atoms with Gasteiger partial charge in [-0.15, -0.1) is 23.7 Å². The number of benzene rings is 1. The van der Waals surface area contributed by atoms with Crippen LogP contribution in [0.4, 0.5) is 0 Å². The van der Waals surface area contributed by atoms with Crippen LogP contribution in [0.2, 0.25) is 5.02 Å². The minimum Gasteiger partial charge on any atom is -0.396 e. The Morgan fingerprint density at radius 2 is 1.94 bits per heavy atom. The quantitative estimate of drug-likeness (QED) is 0.372. The van der Waals surface area contributed by atoms with E-state index >= 15 is 0 Å². The number of H-pyrrole nitrogens is 1. The highest BCUT2D eigenvalue weighted by atomic mass is 35.5. The van der Waals surface area contributed by atoms with E-state index in [1.807, 2.05) is 6.07 Å². The number of halogens is 2. The molecule has 1 aromatic carbocycles. The Bertz CT molecular complexity index is 1260. The second-order valence-electron chi connectivity index (χ2n) is 9.80. The molecule has 194 valence electrons. The predicted molar refractivity (Wildman–Crippen MR) is 144 cm³/mol. The fraction of sp³-hybridized carbons (Fsp3) is 0.480. The Balaban J connectivity index is 0.00000304. The number of aliphatic hydroxyl groups excluding tert-OH is 1. The van der Waals surface area contributed by atoms with Crippen LogP contribution in [0, 0.1) is 5.92 Å². The molecule has 3 aromatic rings. The van der Waals surface area contributed by atoms with Crippen molar-refractivity contribution in [1.82, 2.24) is 25.5 Å². The molecule has 36 heavy (non-hydrogen) atoms. The van der Waals surface area contributed by atoms with E-state index in [1.54, 1.807) is 18.2 Å². The minimum atomic E-state index is -0.287. The number of fused-ring (bicyclic) bond motifs is 2. The second-order valence-corrected chi connectivity index (χ2v) is 11.3. The molecule has 5 rings (SSSR count). The van der Waals surface area contributed by atoms with Crippen molar-refractivity contribution in [3.05, 3.63) is 50.6 Å². The van der Waals surface area contributed by atoms with E-state index in [4.69, 9.17) is 11.6 Å². The molecule has 0 spiro atoms. The van der Waals surface area contributed by atoms with Crippen LogP contribution < -0.4 is 10.6 Å². The van der Waals surface area contributed by atoms with Gasteiger partial charge in [0.2, 0.25) is 0 Å². The maximum absolute atomic E-state index is 13.1. The molecule has 3 heterocycles. The molecule has 8 nitrogen and oxygen atoms in total. The van der Waals surface area contributed by atoms with Crippen molar-refractivity contribution in [2.24, 2.45) is 5.92 Å². The van der Waals surface area contributed by atoms with Crippen LogP contribution in [0.25, 0.3) is 10.9 Å². The number of hydrogen-bond acceptors (Lipinski definition) is 6. The number of aromatic nitrogens is 2. The highest BCUT2D eigenvalue weighted by molar-refractivity contribution is 7.13. The van der Waals surface area contributed by atoms with Gasteiger partial charge in [0.1, 0.15) is 5.69 Å². The van der Waals surface area contributed by atoms with Crippen LogP contribution in [0.1, 0.15) is 57.6 Å². The van der Waals surface area contributed by atoms with Crippen LogP contribution in [-0.4, -0.2) is 63.1 Å². The molecule has 2 aliphatic rings. The molecule has 1 fully saturated rings. The lowest BCUT2D eigenvalue weighted by Gasteiger charge is -2.29. The van der Waals surface area contributed by atoms with Gasteiger partial charge in [0.05, 0.1) is 5.69 Å². The van der Waals surface area contributed by atoms with E-state index < -0.39 is 0 Å². The summed E-state index contributed by atoms with van der Waals surface area (Å²) in [6, 6.07) is 7.06. The summed E-state index contributed by atoms with van der Waals surface area (Å²) in [6.45, 7) is 6.14. The Kier molecular flexibility index (Phi) is 8.26. The standard InChI is InChI=1S/C25H30ClN5O3S.ClH/c1-13(2)31-6-5-18-22(11-31)35-25(30-18)24(34)29-20-8-14(12-32)7-19(20)28-23(33)21-10-15-9-16(26)3-4-17(15)27-21;/h3-4,9-10,13-14,19-20,27,32H,5-8,11-12H2,1-2H3,(H,28,33)(H,29,34);1H/t14?,19-,20-;/m1./s1. The second kappa shape index (κ2) is 11.1. The molecule has 0 bridgehead atoms. The maximum Gasteiger partial charge on any atom is 0.280 e. The topological polar surface area (TPSA) is 110 Å². The zero-order chi connectivity index (χ0) is 24.7. The Morgan fingerprint density at radius 3 is 2.64 bits per heavy atom. The number of rotatable bonds is 6. The number of aliphatic hydroxyl groups is 1. The number of hydrogen-bond donors (Lipinski definition) is 4. The van der Waals surface area contributed by atoms with E-state index in [-0.39, 0.29) is 48.8 Å². The highest BCUT2D eigenvalue weighted by Crippen LogP contribution is 2.29. The van der Waals surface area contributed by atoms with Gasteiger partial charge in [-0.05, 0) is 56.9 Å². The predicted octanol–water partition coefficient (Wildman–Crippen LogP) is 3.77. The Hall–Kier alpha value is -2.17. The molecule has 0 radical (unpaired) electrons. The average Bonchev–Trinajstić information content (AvgIpc) is 3.54. The van der Waals surface area contributed by atoms with E-state index in [2.05, 4.69) is 39.3 Å². The first-order chi connectivity index (χ1) is 16.8. The van der Waals surface area contributed by atoms with Crippen molar-refractivity contribution in [3.8, 4) is 0 Å². The molecule has 1 aliphatic carbocycles. The van der Waals surface area contributed by atoms with Crippen LogP contribution in [0.3, 0.4) is 0 Å². The lowest BCUT2D eigenvalue weighted by atomic mass is 10.1. The van der Waals surface area contributed by atoms with Crippen LogP contribution in [0.15, 0.2) is 24.3 Å². The minimum absolute atomic E-state index is 0. The van der Waals surface area contributed by atoms with Crippen LogP contribution >= 0.6 is 35.3 Å². The molecule has 1 unspecified atom stereocenters. The number of carbonyl (C=O) groups excluding carboxylic acids is 2. The van der Waals surface area contributed by atoms with Gasteiger partial charge < -0.3 is 20.7 Å². The summed E-state index contributed by atoms with van der Waals surface area (Å²) in [7, 11) is 0. The largest absolute Gasteiger partial charge is 0.396 e. The summed E-state index contributed by atoms with van der Waals surface area (Å²) in [5, 5.41) is 17.8. The first kappa shape index (κ1) is 26.9. The first-order valence-electron chi connectivity index (χ1n) is 12.0. The lowest BCUT2D eigenvalue weighted by molar-refractivity contribution is 0.0889. The van der Waals surface area contributed by atoms with Gasteiger partial charge in [0.15, 0.2) is 5.01 Å². The van der Waals surface area contributed by atoms with Gasteiger partial charge in [0.25, 0.3) is 11.8 Å². The third-order valence-electron chi connectivity index (χ3n) is 7.06. The molecule has 0 saturated heterocycles. The van der Waals surface area contributed by atoms with Gasteiger partial charge in [-0.2, -0.15) is 0 Å².